The predicted octanol–water partition coefficient (Wildman–Crippen LogP) is 3.46. The van der Waals surface area contributed by atoms with Crippen molar-refractivity contribution in [3.8, 4) is 0 Å². The number of rotatable bonds is 4. The lowest BCUT2D eigenvalue weighted by molar-refractivity contribution is 0.169. The van der Waals surface area contributed by atoms with Gasteiger partial charge >= 0.3 is 0 Å². The largest absolute Gasteiger partial charge is 0.329 e. The molecule has 20 heavy (non-hydrogen) atoms. The Hall–Kier alpha value is -1.32. The Kier molecular flexibility index (Phi) is 4.38. The Morgan fingerprint density at radius 2 is 2.10 bits per heavy atom. The molecular weight excluding hydrogens is 270 g/mol. The van der Waals surface area contributed by atoms with Crippen LogP contribution in [-0.2, 0) is 12.4 Å². The second-order valence-electron chi connectivity index (χ2n) is 5.44. The molecule has 1 saturated heterocycles. The third-order valence-corrected chi connectivity index (χ3v) is 4.28. The minimum Gasteiger partial charge on any atom is -0.329 e. The van der Waals surface area contributed by atoms with E-state index in [0.29, 0.717) is 11.9 Å². The molecular formula is C16H20ClN3. The molecule has 4 heteroatoms. The molecule has 3 rings (SSSR count). The highest BCUT2D eigenvalue weighted by Gasteiger charge is 2.22. The van der Waals surface area contributed by atoms with E-state index < -0.39 is 0 Å². The molecule has 106 valence electrons. The number of imidazole rings is 1. The molecule has 1 atom stereocenters. The van der Waals surface area contributed by atoms with Crippen molar-refractivity contribution in [2.24, 2.45) is 0 Å². The quantitative estimate of drug-likeness (QED) is 0.804. The first-order chi connectivity index (χ1) is 9.86. The SMILES string of the molecule is ClCc1cncn1C1CCCN(Cc2ccccc2)C1. The van der Waals surface area contributed by atoms with Crippen LogP contribution < -0.4 is 0 Å². The summed E-state index contributed by atoms with van der Waals surface area (Å²) in [5.41, 5.74) is 2.51. The summed E-state index contributed by atoms with van der Waals surface area (Å²) in [7, 11) is 0. The van der Waals surface area contributed by atoms with Gasteiger partial charge in [-0.25, -0.2) is 4.98 Å². The maximum atomic E-state index is 5.98. The van der Waals surface area contributed by atoms with Gasteiger partial charge in [0.05, 0.1) is 17.9 Å². The van der Waals surface area contributed by atoms with E-state index in [1.54, 1.807) is 0 Å². The van der Waals surface area contributed by atoms with Crippen molar-refractivity contribution in [1.29, 1.82) is 0 Å². The number of piperidine rings is 1. The highest BCUT2D eigenvalue weighted by molar-refractivity contribution is 6.16. The Morgan fingerprint density at radius 1 is 1.25 bits per heavy atom. The number of alkyl halides is 1. The summed E-state index contributed by atoms with van der Waals surface area (Å²) in [5.74, 6) is 0.537. The third kappa shape index (κ3) is 3.05. The Morgan fingerprint density at radius 3 is 2.90 bits per heavy atom. The highest BCUT2D eigenvalue weighted by Crippen LogP contribution is 2.24. The normalized spacial score (nSPS) is 20.1. The van der Waals surface area contributed by atoms with E-state index in [1.807, 2.05) is 12.5 Å². The highest BCUT2D eigenvalue weighted by atomic mass is 35.5. The standard InChI is InChI=1S/C16H20ClN3/c17-9-16-10-18-13-20(16)15-7-4-8-19(12-15)11-14-5-2-1-3-6-14/h1-3,5-6,10,13,15H,4,7-9,11-12H2. The predicted molar refractivity (Wildman–Crippen MR) is 81.8 cm³/mol. The van der Waals surface area contributed by atoms with Gasteiger partial charge in [-0.1, -0.05) is 30.3 Å². The first-order valence-electron chi connectivity index (χ1n) is 7.20. The van der Waals surface area contributed by atoms with E-state index in [0.717, 1.165) is 18.8 Å². The lowest BCUT2D eigenvalue weighted by atomic mass is 10.0. The zero-order valence-corrected chi connectivity index (χ0v) is 12.3. The average molecular weight is 290 g/mol. The Balaban J connectivity index is 1.68. The van der Waals surface area contributed by atoms with Gasteiger partial charge in [0.15, 0.2) is 0 Å². The molecule has 0 saturated carbocycles. The molecule has 3 nitrogen and oxygen atoms in total. The number of halogens is 1. The minimum atomic E-state index is 0.503. The molecule has 0 radical (unpaired) electrons. The van der Waals surface area contributed by atoms with Gasteiger partial charge in [0, 0.05) is 25.3 Å². The Bertz CT molecular complexity index is 538. The fourth-order valence-corrected chi connectivity index (χ4v) is 3.21. The fourth-order valence-electron chi connectivity index (χ4n) is 3.01. The van der Waals surface area contributed by atoms with Crippen LogP contribution in [0.4, 0.5) is 0 Å². The van der Waals surface area contributed by atoms with Crippen LogP contribution >= 0.6 is 11.6 Å². The molecule has 0 spiro atoms. The summed E-state index contributed by atoms with van der Waals surface area (Å²) < 4.78 is 2.25. The maximum Gasteiger partial charge on any atom is 0.0951 e. The molecule has 1 unspecified atom stereocenters. The molecule has 0 amide bonds. The van der Waals surface area contributed by atoms with Crippen LogP contribution in [0.3, 0.4) is 0 Å². The van der Waals surface area contributed by atoms with E-state index in [9.17, 15) is 0 Å². The van der Waals surface area contributed by atoms with Gasteiger partial charge in [-0.3, -0.25) is 4.90 Å². The summed E-state index contributed by atoms with van der Waals surface area (Å²) in [5, 5.41) is 0. The van der Waals surface area contributed by atoms with Gasteiger partial charge in [-0.15, -0.1) is 11.6 Å². The molecule has 0 N–H and O–H groups in total. The van der Waals surface area contributed by atoms with Crippen LogP contribution in [0, 0.1) is 0 Å². The molecule has 1 aliphatic rings. The summed E-state index contributed by atoms with van der Waals surface area (Å²) in [6.45, 7) is 3.29. The zero-order valence-electron chi connectivity index (χ0n) is 11.6. The van der Waals surface area contributed by atoms with Gasteiger partial charge in [-0.05, 0) is 24.9 Å². The van der Waals surface area contributed by atoms with Gasteiger partial charge in [0.2, 0.25) is 0 Å². The minimum absolute atomic E-state index is 0.503. The molecule has 1 aromatic carbocycles. The van der Waals surface area contributed by atoms with Crippen LogP contribution in [-0.4, -0.2) is 27.5 Å². The lowest BCUT2D eigenvalue weighted by Crippen LogP contribution is -2.36. The van der Waals surface area contributed by atoms with Gasteiger partial charge in [0.25, 0.3) is 0 Å². The molecule has 0 aliphatic carbocycles. The Labute approximate surface area is 125 Å². The number of likely N-dealkylation sites (tertiary alicyclic amines) is 1. The molecule has 2 aromatic rings. The van der Waals surface area contributed by atoms with Crippen molar-refractivity contribution in [2.75, 3.05) is 13.1 Å². The lowest BCUT2D eigenvalue weighted by Gasteiger charge is -2.34. The van der Waals surface area contributed by atoms with Crippen molar-refractivity contribution in [3.05, 3.63) is 54.1 Å². The van der Waals surface area contributed by atoms with E-state index in [4.69, 9.17) is 11.6 Å². The molecule has 2 heterocycles. The first-order valence-corrected chi connectivity index (χ1v) is 7.73. The van der Waals surface area contributed by atoms with Crippen molar-refractivity contribution < 1.29 is 0 Å². The smallest absolute Gasteiger partial charge is 0.0951 e. The summed E-state index contributed by atoms with van der Waals surface area (Å²) in [6.07, 6.45) is 6.25. The first kappa shape index (κ1) is 13.7. The van der Waals surface area contributed by atoms with E-state index in [2.05, 4.69) is 44.8 Å². The number of nitrogens with zero attached hydrogens (tertiary/aromatic N) is 3. The van der Waals surface area contributed by atoms with Gasteiger partial charge in [0.1, 0.15) is 0 Å². The summed E-state index contributed by atoms with van der Waals surface area (Å²) in [6, 6.07) is 11.2. The van der Waals surface area contributed by atoms with E-state index in [-0.39, 0.29) is 0 Å². The van der Waals surface area contributed by atoms with Crippen molar-refractivity contribution in [1.82, 2.24) is 14.5 Å². The van der Waals surface area contributed by atoms with Crippen LogP contribution in [0.2, 0.25) is 0 Å². The number of aromatic nitrogens is 2. The van der Waals surface area contributed by atoms with Gasteiger partial charge < -0.3 is 4.57 Å². The fraction of sp³-hybridized carbons (Fsp3) is 0.438. The zero-order chi connectivity index (χ0) is 13.8. The second kappa shape index (κ2) is 6.42. The van der Waals surface area contributed by atoms with Crippen molar-refractivity contribution >= 4 is 11.6 Å². The van der Waals surface area contributed by atoms with Crippen LogP contribution in [0.15, 0.2) is 42.9 Å². The summed E-state index contributed by atoms with van der Waals surface area (Å²) in [4.78, 5) is 6.77. The average Bonchev–Trinajstić information content (AvgIpc) is 2.97. The van der Waals surface area contributed by atoms with Crippen LogP contribution in [0.25, 0.3) is 0 Å². The maximum absolute atomic E-state index is 5.98. The molecule has 1 aliphatic heterocycles. The second-order valence-corrected chi connectivity index (χ2v) is 5.71. The van der Waals surface area contributed by atoms with Crippen molar-refractivity contribution in [2.45, 2.75) is 31.3 Å². The van der Waals surface area contributed by atoms with Crippen LogP contribution in [0.1, 0.15) is 30.1 Å². The number of benzene rings is 1. The monoisotopic (exact) mass is 289 g/mol. The third-order valence-electron chi connectivity index (χ3n) is 4.01. The molecule has 1 aromatic heterocycles. The van der Waals surface area contributed by atoms with Crippen LogP contribution in [0.5, 0.6) is 0 Å². The molecule has 0 bridgehead atoms. The van der Waals surface area contributed by atoms with Gasteiger partial charge in [-0.2, -0.15) is 0 Å². The molecule has 1 fully saturated rings. The van der Waals surface area contributed by atoms with Crippen molar-refractivity contribution in [3.63, 3.8) is 0 Å². The number of hydrogen-bond donors (Lipinski definition) is 0. The van der Waals surface area contributed by atoms with E-state index in [1.165, 1.54) is 24.9 Å². The van der Waals surface area contributed by atoms with E-state index >= 15 is 0 Å². The summed E-state index contributed by atoms with van der Waals surface area (Å²) >= 11 is 5.98. The number of hydrogen-bond acceptors (Lipinski definition) is 2. The topological polar surface area (TPSA) is 21.1 Å².